The van der Waals surface area contributed by atoms with E-state index in [9.17, 15) is 49.5 Å². The molecule has 3 atom stereocenters. The molecule has 0 aliphatic heterocycles. The average Bonchev–Trinajstić information content (AvgIpc) is 2.90. The van der Waals surface area contributed by atoms with Crippen molar-refractivity contribution in [2.75, 3.05) is 52.4 Å². The van der Waals surface area contributed by atoms with Gasteiger partial charge in [-0.1, -0.05) is 25.0 Å². The summed E-state index contributed by atoms with van der Waals surface area (Å²) < 4.78 is 0. The molecule has 0 saturated heterocycles. The van der Waals surface area contributed by atoms with Crippen LogP contribution in [-0.2, 0) is 30.4 Å². The first-order valence-electron chi connectivity index (χ1n) is 13.8. The monoisotopic (exact) mass is 622 g/mol. The van der Waals surface area contributed by atoms with Gasteiger partial charge >= 0.3 is 29.8 Å². The summed E-state index contributed by atoms with van der Waals surface area (Å²) in [6.45, 7) is -2.90. The van der Waals surface area contributed by atoms with E-state index in [1.807, 2.05) is 12.1 Å². The Morgan fingerprint density at radius 3 is 1.77 bits per heavy atom. The Labute approximate surface area is 254 Å². The van der Waals surface area contributed by atoms with E-state index in [0.717, 1.165) is 29.7 Å². The number of carbonyl (C=O) groups is 5. The molecule has 3 unspecified atom stereocenters. The first kappa shape index (κ1) is 35.4. The van der Waals surface area contributed by atoms with E-state index in [1.54, 1.807) is 12.1 Å². The van der Waals surface area contributed by atoms with Crippen molar-refractivity contribution >= 4 is 52.9 Å². The van der Waals surface area contributed by atoms with Gasteiger partial charge in [0.05, 0.1) is 43.6 Å². The van der Waals surface area contributed by atoms with Crippen molar-refractivity contribution < 1.29 is 49.5 Å². The fourth-order valence-corrected chi connectivity index (χ4v) is 5.89. The van der Waals surface area contributed by atoms with Crippen molar-refractivity contribution in [1.82, 2.24) is 14.7 Å². The largest absolute Gasteiger partial charge is 0.480 e. The minimum Gasteiger partial charge on any atom is -0.480 e. The number of aliphatic imine (C=N–C) groups is 1. The normalized spacial score (nSPS) is 17.4. The van der Waals surface area contributed by atoms with Crippen LogP contribution in [-0.4, -0.2) is 134 Å². The highest BCUT2D eigenvalue weighted by Crippen LogP contribution is 2.37. The van der Waals surface area contributed by atoms with Crippen LogP contribution in [0, 0.1) is 11.8 Å². The number of hydrogen-bond donors (Lipinski definition) is 5. The Morgan fingerprint density at radius 2 is 1.26 bits per heavy atom. The van der Waals surface area contributed by atoms with Crippen LogP contribution >= 0.6 is 12.2 Å². The van der Waals surface area contributed by atoms with Gasteiger partial charge in [-0.3, -0.25) is 38.7 Å². The van der Waals surface area contributed by atoms with Gasteiger partial charge in [0.15, 0.2) is 0 Å². The molecular weight excluding hydrogens is 584 g/mol. The summed E-state index contributed by atoms with van der Waals surface area (Å²) >= 11 is 4.66. The van der Waals surface area contributed by atoms with E-state index in [0.29, 0.717) is 18.5 Å². The number of carboxylic acid groups (broad SMARTS) is 5. The predicted molar refractivity (Wildman–Crippen MR) is 157 cm³/mol. The fraction of sp³-hybridized carbons (Fsp3) is 0.571. The number of benzene rings is 1. The van der Waals surface area contributed by atoms with E-state index >= 15 is 0 Å². The molecule has 0 heterocycles. The Morgan fingerprint density at radius 1 is 0.767 bits per heavy atom. The number of thiocarbonyl (C=S) groups is 1. The van der Waals surface area contributed by atoms with Crippen LogP contribution < -0.4 is 0 Å². The van der Waals surface area contributed by atoms with Gasteiger partial charge in [-0.05, 0) is 61.0 Å². The molecule has 1 aliphatic rings. The Hall–Kier alpha value is -3.75. The number of hydrogen-bond acceptors (Lipinski definition) is 10. The summed E-state index contributed by atoms with van der Waals surface area (Å²) in [7, 11) is 0. The van der Waals surface area contributed by atoms with Crippen molar-refractivity contribution in [3.8, 4) is 0 Å². The van der Waals surface area contributed by atoms with E-state index < -0.39 is 68.6 Å². The minimum atomic E-state index is -1.25. The molecule has 5 N–H and O–H groups in total. The zero-order valence-electron chi connectivity index (χ0n) is 23.7. The number of aliphatic carboxylic acids is 5. The molecule has 0 radical (unpaired) electrons. The van der Waals surface area contributed by atoms with E-state index in [1.165, 1.54) is 9.80 Å². The standard InChI is InChI=1S/C28H38N4O10S/c33-24(34)13-30(9-10-31(14-25(35)36)15-26(37)38)12-23(32(16-27(39)40)17-28(41)42)22-4-2-1-3-20(22)11-19-5-7-21(8-6-19)29-18-43/h5-8,20,22-23H,1-4,9-17H2,(H,33,34)(H,35,36)(H,37,38)(H,39,40)(H,41,42). The summed E-state index contributed by atoms with van der Waals surface area (Å²) in [5, 5.41) is 49.6. The lowest BCUT2D eigenvalue weighted by atomic mass is 9.72. The summed E-state index contributed by atoms with van der Waals surface area (Å²) in [6, 6.07) is 6.77. The Balaban J connectivity index is 2.42. The molecule has 15 heteroatoms. The average molecular weight is 623 g/mol. The van der Waals surface area contributed by atoms with Gasteiger partial charge in [-0.25, -0.2) is 0 Å². The van der Waals surface area contributed by atoms with Crippen molar-refractivity contribution in [1.29, 1.82) is 0 Å². The summed E-state index contributed by atoms with van der Waals surface area (Å²) in [6.07, 6.45) is 3.86. The van der Waals surface area contributed by atoms with Crippen molar-refractivity contribution in [2.24, 2.45) is 16.8 Å². The van der Waals surface area contributed by atoms with Crippen LogP contribution in [0.2, 0.25) is 0 Å². The molecule has 236 valence electrons. The first-order chi connectivity index (χ1) is 20.4. The smallest absolute Gasteiger partial charge is 0.317 e. The molecule has 0 aromatic heterocycles. The maximum absolute atomic E-state index is 11.8. The number of nitrogens with zero attached hydrogens (tertiary/aromatic N) is 4. The molecule has 0 bridgehead atoms. The van der Waals surface area contributed by atoms with Crippen molar-refractivity contribution in [3.05, 3.63) is 29.8 Å². The summed E-state index contributed by atoms with van der Waals surface area (Å²) in [5.41, 5.74) is 1.65. The Bertz CT molecular complexity index is 1140. The lowest BCUT2D eigenvalue weighted by molar-refractivity contribution is -0.145. The molecule has 2 rings (SSSR count). The van der Waals surface area contributed by atoms with Crippen molar-refractivity contribution in [3.63, 3.8) is 0 Å². The lowest BCUT2D eigenvalue weighted by Crippen LogP contribution is -2.55. The van der Waals surface area contributed by atoms with Gasteiger partial charge in [0.25, 0.3) is 0 Å². The zero-order valence-corrected chi connectivity index (χ0v) is 24.5. The van der Waals surface area contributed by atoms with Gasteiger partial charge in [-0.15, -0.1) is 0 Å². The highest BCUT2D eigenvalue weighted by molar-refractivity contribution is 7.78. The summed E-state index contributed by atoms with van der Waals surface area (Å²) in [5.74, 6) is -6.29. The Kier molecular flexibility index (Phi) is 14.9. The van der Waals surface area contributed by atoms with Crippen LogP contribution in [0.15, 0.2) is 29.3 Å². The molecule has 1 aromatic carbocycles. The molecule has 14 nitrogen and oxygen atoms in total. The molecular formula is C28H38N4O10S. The third-order valence-corrected chi connectivity index (χ3v) is 7.56. The molecule has 1 aromatic rings. The predicted octanol–water partition coefficient (Wildman–Crippen LogP) is 1.47. The van der Waals surface area contributed by atoms with Gasteiger partial charge in [0.2, 0.25) is 0 Å². The molecule has 1 aliphatic carbocycles. The van der Waals surface area contributed by atoms with Crippen LogP contribution in [0.1, 0.15) is 31.2 Å². The minimum absolute atomic E-state index is 0.00959. The number of carboxylic acids is 5. The second-order valence-corrected chi connectivity index (χ2v) is 10.9. The maximum atomic E-state index is 11.8. The number of isothiocyanates is 1. The van der Waals surface area contributed by atoms with Crippen LogP contribution in [0.4, 0.5) is 5.69 Å². The molecule has 0 amide bonds. The number of rotatable bonds is 20. The zero-order chi connectivity index (χ0) is 31.9. The fourth-order valence-electron chi connectivity index (χ4n) is 5.79. The molecule has 0 spiro atoms. The highest BCUT2D eigenvalue weighted by atomic mass is 32.1. The van der Waals surface area contributed by atoms with Gasteiger partial charge < -0.3 is 25.5 Å². The SMILES string of the molecule is O=C(O)CN(CCN(CC(=O)O)CC(C1CCCCC1Cc1ccc(N=C=S)cc1)N(CC(=O)O)CC(=O)O)CC(=O)O. The van der Waals surface area contributed by atoms with Gasteiger partial charge in [0, 0.05) is 25.7 Å². The third-order valence-electron chi connectivity index (χ3n) is 7.47. The third kappa shape index (κ3) is 13.4. The van der Waals surface area contributed by atoms with Crippen molar-refractivity contribution in [2.45, 2.75) is 38.1 Å². The second kappa shape index (κ2) is 18.0. The highest BCUT2D eigenvalue weighted by Gasteiger charge is 2.38. The quantitative estimate of drug-likeness (QED) is 0.103. The molecule has 43 heavy (non-hydrogen) atoms. The van der Waals surface area contributed by atoms with E-state index in [4.69, 9.17) is 0 Å². The molecule has 1 fully saturated rings. The maximum Gasteiger partial charge on any atom is 0.317 e. The lowest BCUT2D eigenvalue weighted by Gasteiger charge is -2.44. The van der Waals surface area contributed by atoms with Crippen LogP contribution in [0.25, 0.3) is 0 Å². The van der Waals surface area contributed by atoms with Crippen LogP contribution in [0.5, 0.6) is 0 Å². The first-order valence-corrected chi connectivity index (χ1v) is 14.2. The van der Waals surface area contributed by atoms with Gasteiger partial charge in [0.1, 0.15) is 0 Å². The second-order valence-electron chi connectivity index (χ2n) is 10.7. The molecule has 1 saturated carbocycles. The van der Waals surface area contributed by atoms with Crippen LogP contribution in [0.3, 0.4) is 0 Å². The van der Waals surface area contributed by atoms with E-state index in [2.05, 4.69) is 22.4 Å². The van der Waals surface area contributed by atoms with E-state index in [-0.39, 0.29) is 31.5 Å². The summed E-state index contributed by atoms with van der Waals surface area (Å²) in [4.78, 5) is 66.0. The van der Waals surface area contributed by atoms with Gasteiger partial charge in [-0.2, -0.15) is 4.99 Å². The topological polar surface area (TPSA) is 209 Å².